The number of benzene rings is 1. The number of carbonyl (C=O) groups excluding carboxylic acids is 2. The van der Waals surface area contributed by atoms with Gasteiger partial charge in [0.1, 0.15) is 5.69 Å². The van der Waals surface area contributed by atoms with E-state index in [1.807, 2.05) is 0 Å². The zero-order valence-electron chi connectivity index (χ0n) is 15.7. The SMILES string of the molecule is O=C(CCC(=O)N1CCN(c2ccc(C(F)(F)F)cc2[N+](=O)[O-])CC1)c1cccs1. The zero-order chi connectivity index (χ0) is 21.9. The van der Waals surface area contributed by atoms with Gasteiger partial charge in [-0.05, 0) is 23.6 Å². The predicted octanol–water partition coefficient (Wildman–Crippen LogP) is 3.99. The molecular formula is C19H18F3N3O4S. The maximum Gasteiger partial charge on any atom is 0.416 e. The quantitative estimate of drug-likeness (QED) is 0.385. The summed E-state index contributed by atoms with van der Waals surface area (Å²) in [6, 6.07) is 5.91. The highest BCUT2D eigenvalue weighted by Gasteiger charge is 2.34. The Morgan fingerprint density at radius 1 is 1.10 bits per heavy atom. The number of nitro groups is 1. The van der Waals surface area contributed by atoms with Gasteiger partial charge in [-0.2, -0.15) is 13.2 Å². The van der Waals surface area contributed by atoms with Crippen molar-refractivity contribution in [2.45, 2.75) is 19.0 Å². The van der Waals surface area contributed by atoms with Gasteiger partial charge in [-0.25, -0.2) is 0 Å². The van der Waals surface area contributed by atoms with Crippen LogP contribution in [0.2, 0.25) is 0 Å². The van der Waals surface area contributed by atoms with Crippen molar-refractivity contribution in [3.05, 3.63) is 56.3 Å². The van der Waals surface area contributed by atoms with Gasteiger partial charge in [0.05, 0.1) is 15.4 Å². The smallest absolute Gasteiger partial charge is 0.362 e. The number of amides is 1. The molecule has 2 aromatic rings. The number of ketones is 1. The first kappa shape index (κ1) is 21.8. The summed E-state index contributed by atoms with van der Waals surface area (Å²) < 4.78 is 38.6. The van der Waals surface area contributed by atoms with Gasteiger partial charge in [-0.15, -0.1) is 11.3 Å². The maximum atomic E-state index is 12.9. The summed E-state index contributed by atoms with van der Waals surface area (Å²) in [7, 11) is 0. The molecule has 11 heteroatoms. The molecule has 0 bridgehead atoms. The number of halogens is 3. The fourth-order valence-corrected chi connectivity index (χ4v) is 3.94. The summed E-state index contributed by atoms with van der Waals surface area (Å²) in [6.07, 6.45) is -4.50. The minimum Gasteiger partial charge on any atom is -0.362 e. The summed E-state index contributed by atoms with van der Waals surface area (Å²) in [5, 5.41) is 13.1. The first-order valence-electron chi connectivity index (χ1n) is 9.12. The van der Waals surface area contributed by atoms with E-state index in [1.54, 1.807) is 27.3 Å². The number of carbonyl (C=O) groups is 2. The highest BCUT2D eigenvalue weighted by atomic mass is 32.1. The van der Waals surface area contributed by atoms with Crippen LogP contribution in [0.3, 0.4) is 0 Å². The van der Waals surface area contributed by atoms with Crippen LogP contribution >= 0.6 is 11.3 Å². The van der Waals surface area contributed by atoms with Crippen LogP contribution in [0.5, 0.6) is 0 Å². The van der Waals surface area contributed by atoms with Gasteiger partial charge in [0, 0.05) is 45.1 Å². The van der Waals surface area contributed by atoms with Crippen molar-refractivity contribution in [2.24, 2.45) is 0 Å². The standard InChI is InChI=1S/C19H18F3N3O4S/c20-19(21,22)13-3-4-14(15(12-13)25(28)29)23-7-9-24(10-8-23)18(27)6-5-16(26)17-2-1-11-30-17/h1-4,11-12H,5-10H2. The number of nitrogens with zero attached hydrogens (tertiary/aromatic N) is 3. The van der Waals surface area contributed by atoms with Crippen LogP contribution in [0.25, 0.3) is 0 Å². The minimum atomic E-state index is -4.67. The minimum absolute atomic E-state index is 0.0666. The number of rotatable bonds is 6. The third kappa shape index (κ3) is 4.96. The number of hydrogen-bond donors (Lipinski definition) is 0. The summed E-state index contributed by atoms with van der Waals surface area (Å²) in [6.45, 7) is 1.03. The molecule has 1 fully saturated rings. The molecule has 1 aliphatic rings. The number of Topliss-reactive ketones (excluding diaryl/α,β-unsaturated/α-hetero) is 1. The number of piperazine rings is 1. The largest absolute Gasteiger partial charge is 0.416 e. The van der Waals surface area contributed by atoms with Gasteiger partial charge in [-0.3, -0.25) is 19.7 Å². The molecule has 0 N–H and O–H groups in total. The van der Waals surface area contributed by atoms with Gasteiger partial charge < -0.3 is 9.80 Å². The van der Waals surface area contributed by atoms with E-state index < -0.39 is 22.4 Å². The van der Waals surface area contributed by atoms with Crippen LogP contribution in [0, 0.1) is 10.1 Å². The second-order valence-corrected chi connectivity index (χ2v) is 7.67. The van der Waals surface area contributed by atoms with Crippen molar-refractivity contribution in [3.8, 4) is 0 Å². The average Bonchev–Trinajstić information content (AvgIpc) is 3.25. The van der Waals surface area contributed by atoms with Crippen LogP contribution in [-0.4, -0.2) is 47.7 Å². The van der Waals surface area contributed by atoms with E-state index in [-0.39, 0.29) is 56.4 Å². The molecule has 0 radical (unpaired) electrons. The number of nitro benzene ring substituents is 1. The summed E-state index contributed by atoms with van der Waals surface area (Å²) in [5.41, 5.74) is -1.61. The Labute approximate surface area is 173 Å². The Bertz CT molecular complexity index is 939. The topological polar surface area (TPSA) is 83.8 Å². The van der Waals surface area contributed by atoms with Gasteiger partial charge in [0.15, 0.2) is 5.78 Å². The van der Waals surface area contributed by atoms with Crippen LogP contribution in [0.1, 0.15) is 28.1 Å². The van der Waals surface area contributed by atoms with Crippen LogP contribution in [-0.2, 0) is 11.0 Å². The van der Waals surface area contributed by atoms with E-state index in [0.29, 0.717) is 10.9 Å². The number of anilines is 1. The molecule has 1 amide bonds. The highest BCUT2D eigenvalue weighted by molar-refractivity contribution is 7.12. The predicted molar refractivity (Wildman–Crippen MR) is 105 cm³/mol. The molecule has 0 atom stereocenters. The van der Waals surface area contributed by atoms with Crippen molar-refractivity contribution in [1.82, 2.24) is 4.90 Å². The van der Waals surface area contributed by atoms with Crippen molar-refractivity contribution in [3.63, 3.8) is 0 Å². The van der Waals surface area contributed by atoms with Crippen molar-refractivity contribution in [1.29, 1.82) is 0 Å². The van der Waals surface area contributed by atoms with Crippen LogP contribution in [0.4, 0.5) is 24.5 Å². The van der Waals surface area contributed by atoms with Crippen LogP contribution < -0.4 is 4.90 Å². The Morgan fingerprint density at radius 2 is 1.80 bits per heavy atom. The lowest BCUT2D eigenvalue weighted by Gasteiger charge is -2.36. The molecule has 0 spiro atoms. The Morgan fingerprint density at radius 3 is 2.37 bits per heavy atom. The number of alkyl halides is 3. The second kappa shape index (κ2) is 8.82. The Hall–Kier alpha value is -2.95. The fourth-order valence-electron chi connectivity index (χ4n) is 3.25. The molecule has 30 heavy (non-hydrogen) atoms. The molecule has 0 unspecified atom stereocenters. The normalized spacial score (nSPS) is 14.6. The average molecular weight is 441 g/mol. The molecular weight excluding hydrogens is 423 g/mol. The van der Waals surface area contributed by atoms with E-state index in [2.05, 4.69) is 0 Å². The van der Waals surface area contributed by atoms with Gasteiger partial charge in [-0.1, -0.05) is 6.07 Å². The van der Waals surface area contributed by atoms with E-state index in [1.165, 1.54) is 11.3 Å². The van der Waals surface area contributed by atoms with Crippen molar-refractivity contribution in [2.75, 3.05) is 31.1 Å². The van der Waals surface area contributed by atoms with Gasteiger partial charge in [0.25, 0.3) is 5.69 Å². The van der Waals surface area contributed by atoms with E-state index >= 15 is 0 Å². The van der Waals surface area contributed by atoms with E-state index in [9.17, 15) is 32.9 Å². The van der Waals surface area contributed by atoms with Crippen molar-refractivity contribution < 1.29 is 27.7 Å². The summed E-state index contributed by atoms with van der Waals surface area (Å²) in [4.78, 5) is 38.6. The number of hydrogen-bond acceptors (Lipinski definition) is 6. The lowest BCUT2D eigenvalue weighted by atomic mass is 10.1. The van der Waals surface area contributed by atoms with E-state index in [0.717, 1.165) is 12.1 Å². The second-order valence-electron chi connectivity index (χ2n) is 6.73. The molecule has 1 aromatic carbocycles. The molecule has 0 saturated carbocycles. The lowest BCUT2D eigenvalue weighted by molar-refractivity contribution is -0.384. The van der Waals surface area contributed by atoms with Crippen LogP contribution in [0.15, 0.2) is 35.7 Å². The first-order valence-corrected chi connectivity index (χ1v) is 10.00. The molecule has 1 aliphatic heterocycles. The number of thiophene rings is 1. The molecule has 2 heterocycles. The molecule has 7 nitrogen and oxygen atoms in total. The third-order valence-corrected chi connectivity index (χ3v) is 5.75. The Balaban J connectivity index is 1.60. The summed E-state index contributed by atoms with van der Waals surface area (Å²) >= 11 is 1.32. The maximum absolute atomic E-state index is 12.9. The zero-order valence-corrected chi connectivity index (χ0v) is 16.5. The molecule has 0 aliphatic carbocycles. The third-order valence-electron chi connectivity index (χ3n) is 4.83. The molecule has 160 valence electrons. The van der Waals surface area contributed by atoms with Gasteiger partial charge in [0.2, 0.25) is 5.91 Å². The fraction of sp³-hybridized carbons (Fsp3) is 0.368. The molecule has 1 aromatic heterocycles. The molecule has 3 rings (SSSR count). The van der Waals surface area contributed by atoms with Gasteiger partial charge >= 0.3 is 6.18 Å². The summed E-state index contributed by atoms with van der Waals surface area (Å²) in [5.74, 6) is -0.293. The first-order chi connectivity index (χ1) is 14.2. The Kier molecular flexibility index (Phi) is 6.40. The van der Waals surface area contributed by atoms with Crippen molar-refractivity contribution >= 4 is 34.4 Å². The highest BCUT2D eigenvalue weighted by Crippen LogP contribution is 2.36. The lowest BCUT2D eigenvalue weighted by Crippen LogP contribution is -2.49. The monoisotopic (exact) mass is 441 g/mol. The van der Waals surface area contributed by atoms with E-state index in [4.69, 9.17) is 0 Å². The molecule has 1 saturated heterocycles.